The Morgan fingerprint density at radius 2 is 1.53 bits per heavy atom. The largest absolute Gasteiger partial charge is 0.481 e. The summed E-state index contributed by atoms with van der Waals surface area (Å²) in [6, 6.07) is 16.3. The Kier molecular flexibility index (Phi) is 4.92. The molecule has 0 radical (unpaired) electrons. The van der Waals surface area contributed by atoms with Crippen LogP contribution in [0.5, 0.6) is 0 Å². The summed E-state index contributed by atoms with van der Waals surface area (Å²) in [5.74, 6) is -1.10. The zero-order chi connectivity index (χ0) is 22.3. The first-order valence-electron chi connectivity index (χ1n) is 11.0. The molecule has 5 rings (SSSR count). The van der Waals surface area contributed by atoms with Crippen molar-refractivity contribution >= 4 is 18.0 Å². The summed E-state index contributed by atoms with van der Waals surface area (Å²) in [7, 11) is 0. The quantitative estimate of drug-likeness (QED) is 0.590. The van der Waals surface area contributed by atoms with Crippen LogP contribution >= 0.6 is 0 Å². The minimum Gasteiger partial charge on any atom is -0.481 e. The summed E-state index contributed by atoms with van der Waals surface area (Å²) in [6.07, 6.45) is 2.10. The SMILES string of the molecule is O=C(O)CC1(NC(=O)C2(CNC(=O)OCC3c4ccccc4-c4ccccc43)CC2)CC1. The van der Waals surface area contributed by atoms with E-state index in [0.717, 1.165) is 11.1 Å². The molecule has 3 N–H and O–H groups in total. The molecule has 0 saturated heterocycles. The average Bonchev–Trinajstić information content (AvgIpc) is 3.69. The van der Waals surface area contributed by atoms with Gasteiger partial charge in [0.25, 0.3) is 0 Å². The van der Waals surface area contributed by atoms with Crippen molar-refractivity contribution in [2.24, 2.45) is 5.41 Å². The first-order valence-corrected chi connectivity index (χ1v) is 11.0. The monoisotopic (exact) mass is 434 g/mol. The van der Waals surface area contributed by atoms with Gasteiger partial charge in [-0.2, -0.15) is 0 Å². The van der Waals surface area contributed by atoms with Crippen LogP contribution in [0.25, 0.3) is 11.1 Å². The van der Waals surface area contributed by atoms with E-state index in [1.165, 1.54) is 11.1 Å². The highest BCUT2D eigenvalue weighted by Gasteiger charge is 2.54. The highest BCUT2D eigenvalue weighted by atomic mass is 16.5. The fourth-order valence-electron chi connectivity index (χ4n) is 4.69. The molecule has 0 bridgehead atoms. The Hall–Kier alpha value is -3.35. The number of benzene rings is 2. The maximum Gasteiger partial charge on any atom is 0.407 e. The molecule has 3 aliphatic rings. The van der Waals surface area contributed by atoms with Gasteiger partial charge in [-0.05, 0) is 47.9 Å². The predicted octanol–water partition coefficient (Wildman–Crippen LogP) is 3.43. The molecule has 2 aromatic carbocycles. The van der Waals surface area contributed by atoms with Crippen molar-refractivity contribution in [1.29, 1.82) is 0 Å². The van der Waals surface area contributed by atoms with Crippen LogP contribution in [0.2, 0.25) is 0 Å². The molecule has 7 nitrogen and oxygen atoms in total. The van der Waals surface area contributed by atoms with Gasteiger partial charge >= 0.3 is 12.1 Å². The van der Waals surface area contributed by atoms with Gasteiger partial charge < -0.3 is 20.5 Å². The van der Waals surface area contributed by atoms with E-state index >= 15 is 0 Å². The smallest absolute Gasteiger partial charge is 0.407 e. The summed E-state index contributed by atoms with van der Waals surface area (Å²) in [5.41, 5.74) is 3.37. The van der Waals surface area contributed by atoms with E-state index < -0.39 is 23.0 Å². The number of fused-ring (bicyclic) bond motifs is 3. The van der Waals surface area contributed by atoms with Crippen molar-refractivity contribution in [3.63, 3.8) is 0 Å². The Balaban J connectivity index is 1.16. The van der Waals surface area contributed by atoms with E-state index in [1.807, 2.05) is 24.3 Å². The maximum absolute atomic E-state index is 12.7. The normalized spacial score (nSPS) is 18.8. The van der Waals surface area contributed by atoms with Crippen molar-refractivity contribution in [2.45, 2.75) is 43.6 Å². The van der Waals surface area contributed by atoms with E-state index in [4.69, 9.17) is 9.84 Å². The summed E-state index contributed by atoms with van der Waals surface area (Å²) in [5, 5.41) is 14.7. The molecule has 2 aromatic rings. The number of carboxylic acids is 1. The van der Waals surface area contributed by atoms with Crippen molar-refractivity contribution in [1.82, 2.24) is 10.6 Å². The van der Waals surface area contributed by atoms with Crippen LogP contribution < -0.4 is 10.6 Å². The zero-order valence-corrected chi connectivity index (χ0v) is 17.7. The van der Waals surface area contributed by atoms with Crippen LogP contribution in [0.1, 0.15) is 49.1 Å². The van der Waals surface area contributed by atoms with Crippen molar-refractivity contribution in [3.8, 4) is 11.1 Å². The molecule has 32 heavy (non-hydrogen) atoms. The molecule has 7 heteroatoms. The Bertz CT molecular complexity index is 1040. The van der Waals surface area contributed by atoms with E-state index in [2.05, 4.69) is 34.9 Å². The topological polar surface area (TPSA) is 105 Å². The molecule has 3 aliphatic carbocycles. The van der Waals surface area contributed by atoms with Gasteiger partial charge in [0.1, 0.15) is 6.61 Å². The Morgan fingerprint density at radius 3 is 2.06 bits per heavy atom. The molecule has 0 spiro atoms. The zero-order valence-electron chi connectivity index (χ0n) is 17.7. The summed E-state index contributed by atoms with van der Waals surface area (Å²) in [6.45, 7) is 0.416. The van der Waals surface area contributed by atoms with E-state index in [1.54, 1.807) is 0 Å². The third-order valence-corrected chi connectivity index (χ3v) is 6.97. The molecular formula is C25H26N2O5. The molecule has 2 amide bonds. The second kappa shape index (κ2) is 7.65. The van der Waals surface area contributed by atoms with Gasteiger partial charge in [-0.3, -0.25) is 9.59 Å². The van der Waals surface area contributed by atoms with Gasteiger partial charge in [-0.15, -0.1) is 0 Å². The Labute approximate surface area is 186 Å². The number of hydrogen-bond donors (Lipinski definition) is 3. The molecule has 2 fully saturated rings. The Morgan fingerprint density at radius 1 is 0.938 bits per heavy atom. The second-order valence-electron chi connectivity index (χ2n) is 9.26. The number of carbonyl (C=O) groups is 3. The van der Waals surface area contributed by atoms with Gasteiger partial charge in [0.2, 0.25) is 5.91 Å². The van der Waals surface area contributed by atoms with Gasteiger partial charge in [0.15, 0.2) is 0 Å². The van der Waals surface area contributed by atoms with E-state index in [9.17, 15) is 14.4 Å². The molecular weight excluding hydrogens is 408 g/mol. The standard InChI is InChI=1S/C25H26N2O5/c28-21(29)13-25(11-12-25)27-22(30)24(9-10-24)15-26-23(31)32-14-20-18-7-3-1-5-16(18)17-6-2-4-8-19(17)20/h1-8,20H,9-15H2,(H,26,31)(H,27,30)(H,28,29). The lowest BCUT2D eigenvalue weighted by Crippen LogP contribution is -2.46. The van der Waals surface area contributed by atoms with Crippen LogP contribution in [-0.2, 0) is 14.3 Å². The summed E-state index contributed by atoms with van der Waals surface area (Å²) in [4.78, 5) is 36.2. The summed E-state index contributed by atoms with van der Waals surface area (Å²) < 4.78 is 5.55. The van der Waals surface area contributed by atoms with Gasteiger partial charge in [0.05, 0.1) is 17.4 Å². The van der Waals surface area contributed by atoms with Crippen molar-refractivity contribution < 1.29 is 24.2 Å². The third-order valence-electron chi connectivity index (χ3n) is 6.97. The summed E-state index contributed by atoms with van der Waals surface area (Å²) >= 11 is 0. The number of carboxylic acid groups (broad SMARTS) is 1. The molecule has 0 aromatic heterocycles. The molecule has 166 valence electrons. The van der Waals surface area contributed by atoms with Crippen LogP contribution in [0.15, 0.2) is 48.5 Å². The van der Waals surface area contributed by atoms with E-state index in [0.29, 0.717) is 25.7 Å². The van der Waals surface area contributed by atoms with Crippen molar-refractivity contribution in [3.05, 3.63) is 59.7 Å². The van der Waals surface area contributed by atoms with Gasteiger partial charge in [-0.25, -0.2) is 4.79 Å². The number of hydrogen-bond acceptors (Lipinski definition) is 4. The molecule has 0 atom stereocenters. The van der Waals surface area contributed by atoms with Gasteiger partial charge in [0, 0.05) is 12.5 Å². The number of carbonyl (C=O) groups excluding carboxylic acids is 2. The second-order valence-corrected chi connectivity index (χ2v) is 9.26. The van der Waals surface area contributed by atoms with Crippen LogP contribution in [-0.4, -0.2) is 41.8 Å². The first-order chi connectivity index (χ1) is 15.4. The molecule has 0 heterocycles. The highest BCUT2D eigenvalue weighted by molar-refractivity contribution is 5.88. The number of rotatable bonds is 8. The third kappa shape index (κ3) is 3.83. The van der Waals surface area contributed by atoms with E-state index in [-0.39, 0.29) is 31.4 Å². The lowest BCUT2D eigenvalue weighted by Gasteiger charge is -2.21. The molecule has 0 unspecified atom stereocenters. The minimum absolute atomic E-state index is 0.0166. The molecule has 2 saturated carbocycles. The lowest BCUT2D eigenvalue weighted by atomic mass is 9.98. The fraction of sp³-hybridized carbons (Fsp3) is 0.400. The average molecular weight is 434 g/mol. The fourth-order valence-corrected chi connectivity index (χ4v) is 4.69. The van der Waals surface area contributed by atoms with Crippen LogP contribution in [0.3, 0.4) is 0 Å². The van der Waals surface area contributed by atoms with Crippen molar-refractivity contribution in [2.75, 3.05) is 13.2 Å². The maximum atomic E-state index is 12.7. The predicted molar refractivity (Wildman–Crippen MR) is 117 cm³/mol. The number of nitrogens with one attached hydrogen (secondary N) is 2. The molecule has 0 aliphatic heterocycles. The number of alkyl carbamates (subject to hydrolysis) is 1. The first kappa shape index (κ1) is 20.5. The highest BCUT2D eigenvalue weighted by Crippen LogP contribution is 2.48. The number of aliphatic carboxylic acids is 1. The van der Waals surface area contributed by atoms with Crippen LogP contribution in [0.4, 0.5) is 4.79 Å². The number of amides is 2. The number of ether oxygens (including phenoxy) is 1. The lowest BCUT2D eigenvalue weighted by molar-refractivity contribution is -0.138. The van der Waals surface area contributed by atoms with Gasteiger partial charge in [-0.1, -0.05) is 48.5 Å². The van der Waals surface area contributed by atoms with Crippen LogP contribution in [0, 0.1) is 5.41 Å². The minimum atomic E-state index is -0.913.